The van der Waals surface area contributed by atoms with Crippen molar-refractivity contribution >= 4 is 15.5 Å². The molecule has 0 aliphatic carbocycles. The van der Waals surface area contributed by atoms with Gasteiger partial charge >= 0.3 is 0 Å². The maximum absolute atomic E-state index is 11.1. The van der Waals surface area contributed by atoms with Crippen molar-refractivity contribution in [1.29, 1.82) is 0 Å². The van der Waals surface area contributed by atoms with Crippen LogP contribution in [-0.2, 0) is 14.0 Å². The highest BCUT2D eigenvalue weighted by Crippen LogP contribution is 2.03. The van der Waals surface area contributed by atoms with Gasteiger partial charge in [-0.1, -0.05) is 6.58 Å². The minimum atomic E-state index is -0.522. The normalized spacial score (nSPS) is 13.4. The van der Waals surface area contributed by atoms with E-state index in [1.165, 1.54) is 0 Å². The van der Waals surface area contributed by atoms with Gasteiger partial charge in [0, 0.05) is 13.5 Å². The van der Waals surface area contributed by atoms with Gasteiger partial charge in [0.1, 0.15) is 6.29 Å². The molecule has 0 bridgehead atoms. The van der Waals surface area contributed by atoms with Gasteiger partial charge in [-0.3, -0.25) is 4.79 Å². The Morgan fingerprint density at radius 2 is 2.21 bits per heavy atom. The summed E-state index contributed by atoms with van der Waals surface area (Å²) in [5, 5.41) is 0. The van der Waals surface area contributed by atoms with Crippen LogP contribution < -0.4 is 0 Å². The van der Waals surface area contributed by atoms with Gasteiger partial charge in [0.2, 0.25) is 0 Å². The SMILES string of the molecule is C=C(C)C(=O)CCC[SiH2]OC(C)OC. The maximum Gasteiger partial charge on any atom is 0.165 e. The van der Waals surface area contributed by atoms with E-state index in [1.807, 2.05) is 6.92 Å². The molecule has 0 aromatic carbocycles. The number of carbonyl (C=O) groups is 1. The fraction of sp³-hybridized carbons (Fsp3) is 0.700. The summed E-state index contributed by atoms with van der Waals surface area (Å²) in [5.74, 6) is 0.166. The molecule has 0 aromatic heterocycles. The minimum Gasteiger partial charge on any atom is -0.400 e. The number of ketones is 1. The van der Waals surface area contributed by atoms with E-state index in [0.29, 0.717) is 12.0 Å². The average molecular weight is 216 g/mol. The molecule has 1 unspecified atom stereocenters. The Balaban J connectivity index is 3.30. The average Bonchev–Trinajstić information content (AvgIpc) is 2.16. The first-order chi connectivity index (χ1) is 6.57. The highest BCUT2D eigenvalue weighted by atomic mass is 28.2. The zero-order chi connectivity index (χ0) is 11.0. The molecule has 0 amide bonds. The fourth-order valence-corrected chi connectivity index (χ4v) is 2.01. The molecule has 0 saturated carbocycles. The van der Waals surface area contributed by atoms with Gasteiger partial charge < -0.3 is 9.16 Å². The topological polar surface area (TPSA) is 35.5 Å². The van der Waals surface area contributed by atoms with E-state index in [0.717, 1.165) is 12.5 Å². The molecule has 0 fully saturated rings. The van der Waals surface area contributed by atoms with Crippen molar-refractivity contribution < 1.29 is 14.0 Å². The highest BCUT2D eigenvalue weighted by molar-refractivity contribution is 6.27. The predicted octanol–water partition coefficient (Wildman–Crippen LogP) is 1.42. The molecule has 82 valence electrons. The van der Waals surface area contributed by atoms with Crippen molar-refractivity contribution in [3.63, 3.8) is 0 Å². The van der Waals surface area contributed by atoms with Gasteiger partial charge in [-0.2, -0.15) is 0 Å². The number of carbonyl (C=O) groups excluding carboxylic acids is 1. The summed E-state index contributed by atoms with van der Waals surface area (Å²) in [7, 11) is 1.11. The summed E-state index contributed by atoms with van der Waals surface area (Å²) in [5.41, 5.74) is 0.651. The first-order valence-corrected chi connectivity index (χ1v) is 6.48. The number of ether oxygens (including phenoxy) is 1. The fourth-order valence-electron chi connectivity index (χ4n) is 0.918. The lowest BCUT2D eigenvalue weighted by Gasteiger charge is -2.10. The molecule has 14 heavy (non-hydrogen) atoms. The number of Topliss-reactive ketones (excluding diaryl/α,β-unsaturated/α-hetero) is 1. The zero-order valence-electron chi connectivity index (χ0n) is 9.34. The van der Waals surface area contributed by atoms with Crippen LogP contribution in [0.25, 0.3) is 0 Å². The van der Waals surface area contributed by atoms with E-state index < -0.39 is 9.76 Å². The Morgan fingerprint density at radius 1 is 1.57 bits per heavy atom. The van der Waals surface area contributed by atoms with E-state index in [-0.39, 0.29) is 12.1 Å². The van der Waals surface area contributed by atoms with Crippen LogP contribution in [0.1, 0.15) is 26.7 Å². The molecule has 0 rings (SSSR count). The largest absolute Gasteiger partial charge is 0.400 e. The maximum atomic E-state index is 11.1. The predicted molar refractivity (Wildman–Crippen MR) is 60.0 cm³/mol. The van der Waals surface area contributed by atoms with Crippen molar-refractivity contribution in [3.05, 3.63) is 12.2 Å². The Bertz CT molecular complexity index is 192. The Kier molecular flexibility index (Phi) is 7.65. The van der Waals surface area contributed by atoms with E-state index >= 15 is 0 Å². The number of hydrogen-bond acceptors (Lipinski definition) is 3. The van der Waals surface area contributed by atoms with Gasteiger partial charge in [0.05, 0.1) is 0 Å². The third-order valence-corrected chi connectivity index (χ3v) is 3.45. The summed E-state index contributed by atoms with van der Waals surface area (Å²) >= 11 is 0. The van der Waals surface area contributed by atoms with Crippen LogP contribution in [0, 0.1) is 0 Å². The molecule has 0 radical (unpaired) electrons. The summed E-state index contributed by atoms with van der Waals surface area (Å²) < 4.78 is 10.4. The van der Waals surface area contributed by atoms with Crippen LogP contribution >= 0.6 is 0 Å². The third-order valence-electron chi connectivity index (χ3n) is 1.96. The molecule has 0 aliphatic heterocycles. The van der Waals surface area contributed by atoms with Crippen molar-refractivity contribution in [2.45, 2.75) is 39.0 Å². The summed E-state index contributed by atoms with van der Waals surface area (Å²) in [6.07, 6.45) is 1.42. The summed E-state index contributed by atoms with van der Waals surface area (Å²) in [6.45, 7) is 7.24. The van der Waals surface area contributed by atoms with Gasteiger partial charge in [-0.15, -0.1) is 0 Å². The second-order valence-corrected chi connectivity index (χ2v) is 4.78. The molecule has 0 heterocycles. The second-order valence-electron chi connectivity index (χ2n) is 3.33. The van der Waals surface area contributed by atoms with Crippen molar-refractivity contribution in [2.75, 3.05) is 7.11 Å². The molecule has 0 spiro atoms. The van der Waals surface area contributed by atoms with Gasteiger partial charge in [0.15, 0.2) is 15.5 Å². The van der Waals surface area contributed by atoms with Crippen LogP contribution in [-0.4, -0.2) is 28.9 Å². The van der Waals surface area contributed by atoms with E-state index in [9.17, 15) is 4.79 Å². The van der Waals surface area contributed by atoms with E-state index in [2.05, 4.69) is 6.58 Å². The first-order valence-electron chi connectivity index (χ1n) is 4.91. The summed E-state index contributed by atoms with van der Waals surface area (Å²) in [6, 6.07) is 1.02. The second kappa shape index (κ2) is 7.91. The number of methoxy groups -OCH3 is 1. The summed E-state index contributed by atoms with van der Waals surface area (Å²) in [4.78, 5) is 11.1. The lowest BCUT2D eigenvalue weighted by molar-refractivity contribution is -0.115. The molecule has 0 N–H and O–H groups in total. The molecular formula is C10H20O3Si. The van der Waals surface area contributed by atoms with Crippen LogP contribution in [0.15, 0.2) is 12.2 Å². The van der Waals surface area contributed by atoms with Crippen LogP contribution in [0.5, 0.6) is 0 Å². The molecular weight excluding hydrogens is 196 g/mol. The zero-order valence-corrected chi connectivity index (χ0v) is 10.8. The Hall–Kier alpha value is -0.453. The van der Waals surface area contributed by atoms with Crippen molar-refractivity contribution in [2.24, 2.45) is 0 Å². The van der Waals surface area contributed by atoms with Crippen molar-refractivity contribution in [1.82, 2.24) is 0 Å². The Labute approximate surface area is 88.4 Å². The first kappa shape index (κ1) is 13.5. The number of allylic oxidation sites excluding steroid dienone is 1. The van der Waals surface area contributed by atoms with E-state index in [4.69, 9.17) is 9.16 Å². The lowest BCUT2D eigenvalue weighted by Crippen LogP contribution is -2.13. The molecule has 0 aromatic rings. The molecule has 4 heteroatoms. The Morgan fingerprint density at radius 3 is 2.71 bits per heavy atom. The van der Waals surface area contributed by atoms with Gasteiger partial charge in [0.25, 0.3) is 0 Å². The van der Waals surface area contributed by atoms with Crippen LogP contribution in [0.3, 0.4) is 0 Å². The number of rotatable bonds is 8. The van der Waals surface area contributed by atoms with Crippen LogP contribution in [0.2, 0.25) is 6.04 Å². The van der Waals surface area contributed by atoms with E-state index in [1.54, 1.807) is 14.0 Å². The number of hydrogen-bond donors (Lipinski definition) is 0. The molecule has 0 saturated heterocycles. The minimum absolute atomic E-state index is 0.0986. The van der Waals surface area contributed by atoms with Gasteiger partial charge in [-0.05, 0) is 31.9 Å². The monoisotopic (exact) mass is 216 g/mol. The quantitative estimate of drug-likeness (QED) is 0.266. The smallest absolute Gasteiger partial charge is 0.165 e. The standard InChI is InChI=1S/C10H20O3Si/c1-8(2)10(11)6-5-7-14-13-9(3)12-4/h9H,1,5-7,14H2,2-4H3. The van der Waals surface area contributed by atoms with Gasteiger partial charge in [-0.25, -0.2) is 0 Å². The molecule has 1 atom stereocenters. The third kappa shape index (κ3) is 7.00. The lowest BCUT2D eigenvalue weighted by atomic mass is 10.1. The molecule has 3 nitrogen and oxygen atoms in total. The molecule has 0 aliphatic rings. The van der Waals surface area contributed by atoms with Crippen molar-refractivity contribution in [3.8, 4) is 0 Å². The van der Waals surface area contributed by atoms with Crippen LogP contribution in [0.4, 0.5) is 0 Å². The highest BCUT2D eigenvalue weighted by Gasteiger charge is 2.03.